The summed E-state index contributed by atoms with van der Waals surface area (Å²) in [6.45, 7) is 2.05. The molecule has 1 fully saturated rings. The minimum atomic E-state index is -2.75. The van der Waals surface area contributed by atoms with Gasteiger partial charge in [0.05, 0.1) is 5.69 Å². The lowest BCUT2D eigenvalue weighted by Crippen LogP contribution is -2.16. The van der Waals surface area contributed by atoms with Crippen molar-refractivity contribution < 1.29 is 27.5 Å². The molecule has 0 radical (unpaired) electrons. The lowest BCUT2D eigenvalue weighted by Gasteiger charge is -2.09. The molecule has 3 N–H and O–H groups in total. The number of primary amides is 1. The molecule has 7 nitrogen and oxygen atoms in total. The van der Waals surface area contributed by atoms with Gasteiger partial charge in [-0.1, -0.05) is 18.2 Å². The molecule has 3 aromatic heterocycles. The molecule has 0 unspecified atom stereocenters. The molecule has 1 saturated carbocycles. The molecule has 0 bridgehead atoms. The summed E-state index contributed by atoms with van der Waals surface area (Å²) in [7, 11) is 0. The zero-order valence-corrected chi connectivity index (χ0v) is 19.5. The number of furan rings is 1. The molecule has 180 valence electrons. The van der Waals surface area contributed by atoms with Crippen molar-refractivity contribution >= 4 is 39.1 Å². The molecule has 10 heteroatoms. The second-order valence-corrected chi connectivity index (χ2v) is 9.34. The Bertz CT molecular complexity index is 1440. The van der Waals surface area contributed by atoms with Crippen LogP contribution in [0.4, 0.5) is 14.5 Å². The normalized spacial score (nSPS) is 13.4. The topological polar surface area (TPSA) is 107 Å². The average Bonchev–Trinajstić information content (AvgIpc) is 3.45. The third-order valence-corrected chi connectivity index (χ3v) is 6.86. The first-order valence-electron chi connectivity index (χ1n) is 11.0. The van der Waals surface area contributed by atoms with Crippen LogP contribution in [0.25, 0.3) is 10.2 Å². The van der Waals surface area contributed by atoms with Gasteiger partial charge in [0.15, 0.2) is 5.76 Å². The molecule has 1 aliphatic rings. The van der Waals surface area contributed by atoms with Gasteiger partial charge in [-0.15, -0.1) is 11.3 Å². The van der Waals surface area contributed by atoms with Gasteiger partial charge in [-0.05, 0) is 61.1 Å². The predicted octanol–water partition coefficient (Wildman–Crippen LogP) is 5.94. The molecule has 0 aliphatic heterocycles. The molecule has 2 amide bonds. The third kappa shape index (κ3) is 4.61. The van der Waals surface area contributed by atoms with Crippen LogP contribution in [-0.2, 0) is 6.61 Å². The minimum absolute atomic E-state index is 0.00767. The van der Waals surface area contributed by atoms with Gasteiger partial charge < -0.3 is 20.2 Å². The van der Waals surface area contributed by atoms with Crippen molar-refractivity contribution in [2.24, 2.45) is 5.73 Å². The van der Waals surface area contributed by atoms with Gasteiger partial charge in [-0.2, -0.15) is 0 Å². The highest BCUT2D eigenvalue weighted by atomic mass is 32.1. The van der Waals surface area contributed by atoms with E-state index in [-0.39, 0.29) is 39.4 Å². The number of hydrogen-bond donors (Lipinski definition) is 2. The molecule has 1 aliphatic carbocycles. The van der Waals surface area contributed by atoms with Gasteiger partial charge in [0.1, 0.15) is 33.5 Å². The number of fused-ring (bicyclic) bond motifs is 1. The van der Waals surface area contributed by atoms with E-state index in [1.54, 1.807) is 6.07 Å². The van der Waals surface area contributed by atoms with Gasteiger partial charge in [0.25, 0.3) is 18.2 Å². The largest absolute Gasteiger partial charge is 0.485 e. The number of carbonyl (C=O) groups is 2. The van der Waals surface area contributed by atoms with Crippen LogP contribution < -0.4 is 15.8 Å². The summed E-state index contributed by atoms with van der Waals surface area (Å²) in [5.41, 5.74) is 6.96. The van der Waals surface area contributed by atoms with E-state index in [4.69, 9.17) is 14.9 Å². The quantitative estimate of drug-likeness (QED) is 0.313. The Morgan fingerprint density at radius 1 is 1.26 bits per heavy atom. The van der Waals surface area contributed by atoms with E-state index in [2.05, 4.69) is 10.3 Å². The molecule has 5 rings (SSSR count). The maximum atomic E-state index is 13.4. The molecular weight excluding hydrogens is 476 g/mol. The van der Waals surface area contributed by atoms with Crippen molar-refractivity contribution in [2.45, 2.75) is 38.7 Å². The van der Waals surface area contributed by atoms with E-state index in [0.717, 1.165) is 29.7 Å². The number of nitrogens with zero attached hydrogens (tertiary/aromatic N) is 1. The predicted molar refractivity (Wildman–Crippen MR) is 127 cm³/mol. The number of aromatic nitrogens is 1. The number of para-hydroxylation sites is 1. The van der Waals surface area contributed by atoms with E-state index < -0.39 is 18.2 Å². The number of rotatable bonds is 8. The number of aryl methyl sites for hydroxylation is 1. The van der Waals surface area contributed by atoms with Gasteiger partial charge in [-0.3, -0.25) is 9.59 Å². The Kier molecular flexibility index (Phi) is 5.98. The first-order valence-corrected chi connectivity index (χ1v) is 11.8. The van der Waals surface area contributed by atoms with Crippen molar-refractivity contribution in [3.05, 3.63) is 75.7 Å². The number of amides is 2. The molecule has 0 atom stereocenters. The summed E-state index contributed by atoms with van der Waals surface area (Å²) in [6.07, 6.45) is -1.09. The van der Waals surface area contributed by atoms with Gasteiger partial charge >= 0.3 is 0 Å². The van der Waals surface area contributed by atoms with Crippen LogP contribution in [0.5, 0.6) is 5.75 Å². The molecule has 1 aromatic carbocycles. The van der Waals surface area contributed by atoms with Crippen LogP contribution >= 0.6 is 11.3 Å². The van der Waals surface area contributed by atoms with E-state index in [0.29, 0.717) is 22.5 Å². The van der Waals surface area contributed by atoms with E-state index in [9.17, 15) is 18.4 Å². The van der Waals surface area contributed by atoms with Crippen molar-refractivity contribution in [1.82, 2.24) is 4.98 Å². The maximum Gasteiger partial charge on any atom is 0.291 e. The third-order valence-electron chi connectivity index (χ3n) is 5.76. The van der Waals surface area contributed by atoms with Crippen LogP contribution in [-0.4, -0.2) is 16.8 Å². The average molecular weight is 498 g/mol. The van der Waals surface area contributed by atoms with Gasteiger partial charge in [0, 0.05) is 5.39 Å². The molecule has 0 saturated heterocycles. The number of nitrogens with one attached hydrogen (secondary N) is 1. The Morgan fingerprint density at radius 3 is 2.71 bits per heavy atom. The lowest BCUT2D eigenvalue weighted by molar-refractivity contribution is 0.0992. The Hall–Kier alpha value is -3.79. The number of ether oxygens (including phenoxy) is 1. The maximum absolute atomic E-state index is 13.4. The smallest absolute Gasteiger partial charge is 0.291 e. The van der Waals surface area contributed by atoms with Gasteiger partial charge in [-0.25, -0.2) is 13.8 Å². The van der Waals surface area contributed by atoms with Crippen LogP contribution in [0.2, 0.25) is 0 Å². The van der Waals surface area contributed by atoms with E-state index >= 15 is 0 Å². The highest BCUT2D eigenvalue weighted by Crippen LogP contribution is 2.48. The van der Waals surface area contributed by atoms with Crippen LogP contribution in [0, 0.1) is 6.92 Å². The molecule has 0 spiro atoms. The summed E-state index contributed by atoms with van der Waals surface area (Å²) in [5.74, 6) is -0.171. The highest BCUT2D eigenvalue weighted by Gasteiger charge is 2.32. The highest BCUT2D eigenvalue weighted by molar-refractivity contribution is 7.21. The summed E-state index contributed by atoms with van der Waals surface area (Å²) in [5, 5.41) is 3.18. The summed E-state index contributed by atoms with van der Waals surface area (Å²) in [6, 6.07) is 12.0. The zero-order chi connectivity index (χ0) is 24.7. The number of thiophene rings is 1. The standard InChI is InChI=1S/C25H21F2N3O4S/c1-12-4-2-3-5-17(12)33-11-14-8-9-18(34-14)24(32)30-20-19-15(13-6-7-13)10-16(22(26)27)29-25(19)35-21(20)23(28)31/h2-5,8-10,13,22H,6-7,11H2,1H3,(H2,28,31)(H,30,32). The number of anilines is 1. The number of carbonyl (C=O) groups excluding carboxylic acids is 2. The zero-order valence-electron chi connectivity index (χ0n) is 18.6. The number of halogens is 2. The Morgan fingerprint density at radius 2 is 2.03 bits per heavy atom. The number of hydrogen-bond acceptors (Lipinski definition) is 6. The monoisotopic (exact) mass is 497 g/mol. The number of alkyl halides is 2. The first-order chi connectivity index (χ1) is 16.8. The fourth-order valence-corrected chi connectivity index (χ4v) is 4.91. The summed E-state index contributed by atoms with van der Waals surface area (Å²) >= 11 is 0.888. The lowest BCUT2D eigenvalue weighted by atomic mass is 10.0. The Labute approximate surface area is 202 Å². The molecule has 35 heavy (non-hydrogen) atoms. The molecular formula is C25H21F2N3O4S. The van der Waals surface area contributed by atoms with E-state index in [1.165, 1.54) is 12.1 Å². The van der Waals surface area contributed by atoms with Crippen LogP contribution in [0.15, 0.2) is 46.9 Å². The molecule has 4 aromatic rings. The fourth-order valence-electron chi connectivity index (χ4n) is 3.89. The van der Waals surface area contributed by atoms with Gasteiger partial charge in [0.2, 0.25) is 0 Å². The van der Waals surface area contributed by atoms with E-state index in [1.807, 2.05) is 31.2 Å². The number of benzene rings is 1. The number of nitrogens with two attached hydrogens (primary N) is 1. The van der Waals surface area contributed by atoms with Crippen molar-refractivity contribution in [3.8, 4) is 5.75 Å². The van der Waals surface area contributed by atoms with Crippen molar-refractivity contribution in [2.75, 3.05) is 5.32 Å². The summed E-state index contributed by atoms with van der Waals surface area (Å²) in [4.78, 5) is 29.5. The number of pyridine rings is 1. The second kappa shape index (κ2) is 9.10. The second-order valence-electron chi connectivity index (χ2n) is 8.34. The van der Waals surface area contributed by atoms with Crippen LogP contribution in [0.3, 0.4) is 0 Å². The fraction of sp³-hybridized carbons (Fsp3) is 0.240. The Balaban J connectivity index is 1.43. The van der Waals surface area contributed by atoms with Crippen LogP contribution in [0.1, 0.15) is 68.0 Å². The van der Waals surface area contributed by atoms with Crippen molar-refractivity contribution in [3.63, 3.8) is 0 Å². The first kappa shape index (κ1) is 23.0. The SMILES string of the molecule is Cc1ccccc1OCc1ccc(C(=O)Nc2c(C(N)=O)sc3nc(C(F)F)cc(C4CC4)c23)o1. The molecule has 3 heterocycles. The summed E-state index contributed by atoms with van der Waals surface area (Å²) < 4.78 is 38.2. The van der Waals surface area contributed by atoms with Crippen molar-refractivity contribution in [1.29, 1.82) is 0 Å². The minimum Gasteiger partial charge on any atom is -0.485 e.